The van der Waals surface area contributed by atoms with Crippen molar-refractivity contribution in [2.75, 3.05) is 0 Å². The number of carbonyl (C=O) groups is 1. The Bertz CT molecular complexity index is 274. The van der Waals surface area contributed by atoms with Crippen LogP contribution in [0.1, 0.15) is 25.7 Å². The van der Waals surface area contributed by atoms with Crippen LogP contribution in [0.3, 0.4) is 0 Å². The first-order chi connectivity index (χ1) is 6.75. The van der Waals surface area contributed by atoms with Gasteiger partial charge in [-0.05, 0) is 12.8 Å². The molecule has 2 N–H and O–H groups in total. The van der Waals surface area contributed by atoms with Crippen molar-refractivity contribution in [3.8, 4) is 11.8 Å². The van der Waals surface area contributed by atoms with Crippen molar-refractivity contribution in [1.82, 2.24) is 4.57 Å². The smallest absolute Gasteiger partial charge is 0.193 e. The minimum absolute atomic E-state index is 0.0814. The maximum Gasteiger partial charge on any atom is 0.193 e. The zero-order valence-corrected chi connectivity index (χ0v) is 8.02. The quantitative estimate of drug-likeness (QED) is 0.538. The van der Waals surface area contributed by atoms with Crippen molar-refractivity contribution in [3.05, 3.63) is 12.1 Å². The summed E-state index contributed by atoms with van der Waals surface area (Å²) >= 11 is 0. The average molecular weight is 197 g/mol. The molecule has 0 saturated heterocycles. The van der Waals surface area contributed by atoms with E-state index >= 15 is 0 Å². The fraction of sp³-hybridized carbons (Fsp3) is 0.500. The van der Waals surface area contributed by atoms with E-state index < -0.39 is 0 Å². The Balaban J connectivity index is 2.27. The van der Waals surface area contributed by atoms with Gasteiger partial charge < -0.3 is 15.0 Å². The van der Waals surface area contributed by atoms with Crippen molar-refractivity contribution in [3.63, 3.8) is 0 Å². The topological polar surface area (TPSA) is 62.5 Å². The highest BCUT2D eigenvalue weighted by Crippen LogP contribution is 2.21. The highest BCUT2D eigenvalue weighted by molar-refractivity contribution is 5.48. The third kappa shape index (κ3) is 2.80. The molecule has 0 unspecified atom stereocenters. The summed E-state index contributed by atoms with van der Waals surface area (Å²) in [6.07, 6.45) is 4.14. The third-order valence-corrected chi connectivity index (χ3v) is 2.14. The van der Waals surface area contributed by atoms with Gasteiger partial charge in [0, 0.05) is 25.1 Å². The SMILES string of the molecule is O=CCCCCCn1c(O)ccc1O. The van der Waals surface area contributed by atoms with Crippen LogP contribution >= 0.6 is 0 Å². The molecule has 0 aliphatic rings. The molecule has 4 heteroatoms. The van der Waals surface area contributed by atoms with E-state index in [4.69, 9.17) is 0 Å². The second kappa shape index (κ2) is 5.32. The summed E-state index contributed by atoms with van der Waals surface area (Å²) in [6, 6.07) is 2.92. The van der Waals surface area contributed by atoms with Gasteiger partial charge in [-0.25, -0.2) is 0 Å². The van der Waals surface area contributed by atoms with Crippen LogP contribution in [0.5, 0.6) is 11.8 Å². The lowest BCUT2D eigenvalue weighted by atomic mass is 10.2. The minimum atomic E-state index is 0.0814. The van der Waals surface area contributed by atoms with Crippen LogP contribution in [0.2, 0.25) is 0 Å². The molecule has 0 fully saturated rings. The van der Waals surface area contributed by atoms with E-state index in [-0.39, 0.29) is 11.8 Å². The maximum absolute atomic E-state index is 10.0. The number of aldehydes is 1. The van der Waals surface area contributed by atoms with Crippen LogP contribution in [0, 0.1) is 0 Å². The lowest BCUT2D eigenvalue weighted by molar-refractivity contribution is -0.107. The Morgan fingerprint density at radius 3 is 2.36 bits per heavy atom. The Morgan fingerprint density at radius 1 is 1.14 bits per heavy atom. The van der Waals surface area contributed by atoms with Crippen molar-refractivity contribution in [2.24, 2.45) is 0 Å². The van der Waals surface area contributed by atoms with Gasteiger partial charge in [-0.1, -0.05) is 6.42 Å². The van der Waals surface area contributed by atoms with E-state index in [9.17, 15) is 15.0 Å². The van der Waals surface area contributed by atoms with Crippen molar-refractivity contribution >= 4 is 6.29 Å². The van der Waals surface area contributed by atoms with Crippen LogP contribution in [0.15, 0.2) is 12.1 Å². The minimum Gasteiger partial charge on any atom is -0.494 e. The van der Waals surface area contributed by atoms with Gasteiger partial charge in [0.25, 0.3) is 0 Å². The largest absolute Gasteiger partial charge is 0.494 e. The molecule has 0 radical (unpaired) electrons. The van der Waals surface area contributed by atoms with Gasteiger partial charge in [0.05, 0.1) is 0 Å². The van der Waals surface area contributed by atoms with E-state index in [0.29, 0.717) is 13.0 Å². The number of aromatic nitrogens is 1. The van der Waals surface area contributed by atoms with Crippen molar-refractivity contribution in [1.29, 1.82) is 0 Å². The van der Waals surface area contributed by atoms with Gasteiger partial charge in [0.1, 0.15) is 6.29 Å². The molecule has 0 atom stereocenters. The summed E-state index contributed by atoms with van der Waals surface area (Å²) in [4.78, 5) is 10.0. The molecule has 0 aromatic carbocycles. The number of carbonyl (C=O) groups excluding carboxylic acids is 1. The summed E-state index contributed by atoms with van der Waals surface area (Å²) in [5.74, 6) is 0.163. The van der Waals surface area contributed by atoms with Crippen LogP contribution < -0.4 is 0 Å². The Morgan fingerprint density at radius 2 is 1.79 bits per heavy atom. The van der Waals surface area contributed by atoms with E-state index in [2.05, 4.69) is 0 Å². The zero-order valence-electron chi connectivity index (χ0n) is 8.02. The number of unbranched alkanes of at least 4 members (excludes halogenated alkanes) is 3. The maximum atomic E-state index is 10.0. The molecule has 0 bridgehead atoms. The molecule has 0 amide bonds. The summed E-state index contributed by atoms with van der Waals surface area (Å²) < 4.78 is 1.45. The number of hydrogen-bond donors (Lipinski definition) is 2. The Labute approximate surface area is 82.8 Å². The Kier molecular flexibility index (Phi) is 4.04. The van der Waals surface area contributed by atoms with E-state index in [1.165, 1.54) is 16.7 Å². The Hall–Kier alpha value is -1.45. The molecule has 78 valence electrons. The first-order valence-electron chi connectivity index (χ1n) is 4.77. The summed E-state index contributed by atoms with van der Waals surface area (Å²) in [6.45, 7) is 0.587. The molecular weight excluding hydrogens is 182 g/mol. The fourth-order valence-corrected chi connectivity index (χ4v) is 1.35. The molecule has 14 heavy (non-hydrogen) atoms. The second-order valence-corrected chi connectivity index (χ2v) is 3.22. The lowest BCUT2D eigenvalue weighted by Crippen LogP contribution is -1.96. The van der Waals surface area contributed by atoms with E-state index in [0.717, 1.165) is 25.5 Å². The van der Waals surface area contributed by atoms with Crippen LogP contribution in [0.4, 0.5) is 0 Å². The number of hydrogen-bond acceptors (Lipinski definition) is 3. The molecule has 1 rings (SSSR count). The molecule has 0 aliphatic heterocycles. The van der Waals surface area contributed by atoms with Crippen LogP contribution in [-0.2, 0) is 11.3 Å². The first-order valence-corrected chi connectivity index (χ1v) is 4.77. The fourth-order valence-electron chi connectivity index (χ4n) is 1.35. The summed E-state index contributed by atoms with van der Waals surface area (Å²) in [5.41, 5.74) is 0. The van der Waals surface area contributed by atoms with Gasteiger partial charge in [-0.3, -0.25) is 4.57 Å². The zero-order chi connectivity index (χ0) is 10.4. The molecule has 0 saturated carbocycles. The second-order valence-electron chi connectivity index (χ2n) is 3.22. The molecule has 1 aromatic rings. The predicted molar refractivity (Wildman–Crippen MR) is 52.3 cm³/mol. The van der Waals surface area contributed by atoms with Gasteiger partial charge in [0.15, 0.2) is 11.8 Å². The van der Waals surface area contributed by atoms with Gasteiger partial charge in [0.2, 0.25) is 0 Å². The first kappa shape index (κ1) is 10.6. The van der Waals surface area contributed by atoms with Crippen molar-refractivity contribution in [2.45, 2.75) is 32.2 Å². The summed E-state index contributed by atoms with van der Waals surface area (Å²) in [5, 5.41) is 18.6. The lowest BCUT2D eigenvalue weighted by Gasteiger charge is -2.05. The molecule has 0 aliphatic carbocycles. The standard InChI is InChI=1S/C10H15NO3/c12-8-4-2-1-3-7-11-9(13)5-6-10(11)14/h5-6,8,13-14H,1-4,7H2. The number of nitrogens with zero attached hydrogens (tertiary/aromatic N) is 1. The monoisotopic (exact) mass is 197 g/mol. The predicted octanol–water partition coefficient (Wildman–Crippen LogP) is 1.66. The molecule has 4 nitrogen and oxygen atoms in total. The van der Waals surface area contributed by atoms with Gasteiger partial charge >= 0.3 is 0 Å². The average Bonchev–Trinajstić information content (AvgIpc) is 2.48. The van der Waals surface area contributed by atoms with Crippen molar-refractivity contribution < 1.29 is 15.0 Å². The molecule has 1 aromatic heterocycles. The van der Waals surface area contributed by atoms with Crippen LogP contribution in [0.25, 0.3) is 0 Å². The van der Waals surface area contributed by atoms with E-state index in [1.807, 2.05) is 0 Å². The van der Waals surface area contributed by atoms with Gasteiger partial charge in [-0.2, -0.15) is 0 Å². The van der Waals surface area contributed by atoms with Gasteiger partial charge in [-0.15, -0.1) is 0 Å². The molecule has 1 heterocycles. The number of aromatic hydroxyl groups is 2. The number of rotatable bonds is 6. The molecular formula is C10H15NO3. The highest BCUT2D eigenvalue weighted by atomic mass is 16.3. The summed E-state index contributed by atoms with van der Waals surface area (Å²) in [7, 11) is 0. The third-order valence-electron chi connectivity index (χ3n) is 2.14. The van der Waals surface area contributed by atoms with Crippen LogP contribution in [-0.4, -0.2) is 21.1 Å². The highest BCUT2D eigenvalue weighted by Gasteiger charge is 2.03. The molecule has 0 spiro atoms. The normalized spacial score (nSPS) is 10.3. The van der Waals surface area contributed by atoms with E-state index in [1.54, 1.807) is 0 Å².